The van der Waals surface area contributed by atoms with E-state index in [0.29, 0.717) is 0 Å². The molecule has 0 fully saturated rings. The Labute approximate surface area is 58.0 Å². The predicted octanol–water partition coefficient (Wildman–Crippen LogP) is -1.48. The Morgan fingerprint density at radius 3 is 2.00 bits per heavy atom. The second-order valence-corrected chi connectivity index (χ2v) is 2.06. The molecule has 58 valence electrons. The fraction of sp³-hybridized carbons (Fsp3) is 0.600. The number of hydrogen-bond acceptors (Lipinski definition) is 3. The van der Waals surface area contributed by atoms with Gasteiger partial charge in [-0.15, -0.1) is 0 Å². The van der Waals surface area contributed by atoms with E-state index in [1.54, 1.807) is 0 Å². The van der Waals surface area contributed by atoms with E-state index in [9.17, 15) is 9.59 Å². The zero-order valence-corrected chi connectivity index (χ0v) is 5.57. The predicted molar refractivity (Wildman–Crippen MR) is 34.0 cm³/mol. The molecule has 0 aromatic heterocycles. The van der Waals surface area contributed by atoms with Crippen LogP contribution in [0, 0.1) is 5.92 Å². The van der Waals surface area contributed by atoms with Gasteiger partial charge >= 0.3 is 5.97 Å². The number of nitrogens with two attached hydrogens (primary N) is 2. The minimum atomic E-state index is -1.22. The topological polar surface area (TPSA) is 106 Å². The van der Waals surface area contributed by atoms with E-state index in [4.69, 9.17) is 16.6 Å². The third kappa shape index (κ3) is 2.02. The lowest BCUT2D eigenvalue weighted by molar-refractivity contribution is -0.142. The van der Waals surface area contributed by atoms with Crippen LogP contribution in [0.25, 0.3) is 0 Å². The second-order valence-electron chi connectivity index (χ2n) is 2.06. The van der Waals surface area contributed by atoms with Crippen molar-refractivity contribution in [2.75, 3.05) is 0 Å². The summed E-state index contributed by atoms with van der Waals surface area (Å²) < 4.78 is 0. The lowest BCUT2D eigenvalue weighted by Crippen LogP contribution is -2.42. The van der Waals surface area contributed by atoms with Gasteiger partial charge in [0.1, 0.15) is 6.04 Å². The van der Waals surface area contributed by atoms with Gasteiger partial charge in [0.2, 0.25) is 5.91 Å². The summed E-state index contributed by atoms with van der Waals surface area (Å²) in [5, 5.41) is 8.27. The fourth-order valence-electron chi connectivity index (χ4n) is 0.391. The SMILES string of the molecule is CC(C(N)=O)[C@H](N)C(=O)O. The highest BCUT2D eigenvalue weighted by Gasteiger charge is 2.23. The Morgan fingerprint density at radius 1 is 1.50 bits per heavy atom. The molecule has 0 aliphatic rings. The second kappa shape index (κ2) is 3.17. The molecule has 0 rings (SSSR count). The average molecular weight is 146 g/mol. The molecule has 0 saturated carbocycles. The Morgan fingerprint density at radius 2 is 1.90 bits per heavy atom. The third-order valence-electron chi connectivity index (χ3n) is 1.27. The van der Waals surface area contributed by atoms with E-state index in [-0.39, 0.29) is 0 Å². The maximum Gasteiger partial charge on any atom is 0.321 e. The van der Waals surface area contributed by atoms with Gasteiger partial charge in [0.15, 0.2) is 0 Å². The van der Waals surface area contributed by atoms with Crippen LogP contribution in [0.4, 0.5) is 0 Å². The number of carbonyl (C=O) groups excluding carboxylic acids is 1. The van der Waals surface area contributed by atoms with Crippen LogP contribution in [0.15, 0.2) is 0 Å². The van der Waals surface area contributed by atoms with E-state index in [2.05, 4.69) is 0 Å². The van der Waals surface area contributed by atoms with Crippen LogP contribution < -0.4 is 11.5 Å². The van der Waals surface area contributed by atoms with Crippen LogP contribution in [0.2, 0.25) is 0 Å². The summed E-state index contributed by atoms with van der Waals surface area (Å²) >= 11 is 0. The highest BCUT2D eigenvalue weighted by atomic mass is 16.4. The monoisotopic (exact) mass is 146 g/mol. The molecule has 0 aromatic rings. The van der Waals surface area contributed by atoms with Gasteiger partial charge in [0.05, 0.1) is 5.92 Å². The summed E-state index contributed by atoms with van der Waals surface area (Å²) in [6.45, 7) is 1.38. The number of rotatable bonds is 3. The van der Waals surface area contributed by atoms with Gasteiger partial charge < -0.3 is 16.6 Å². The first-order valence-corrected chi connectivity index (χ1v) is 2.74. The van der Waals surface area contributed by atoms with Crippen LogP contribution in [0.1, 0.15) is 6.92 Å². The number of amides is 1. The first-order valence-electron chi connectivity index (χ1n) is 2.74. The van der Waals surface area contributed by atoms with Crippen LogP contribution in [0.3, 0.4) is 0 Å². The molecule has 0 radical (unpaired) electrons. The Bertz CT molecular complexity index is 139. The van der Waals surface area contributed by atoms with Crippen molar-refractivity contribution in [3.63, 3.8) is 0 Å². The standard InChI is InChI=1S/C5H10N2O3/c1-2(4(7)8)3(6)5(9)10/h2-3H,6H2,1H3,(H2,7,8)(H,9,10)/t2?,3-/m0/s1. The lowest BCUT2D eigenvalue weighted by Gasteiger charge is -2.10. The van der Waals surface area contributed by atoms with Crippen LogP contribution in [-0.2, 0) is 9.59 Å². The van der Waals surface area contributed by atoms with Gasteiger partial charge in [-0.3, -0.25) is 9.59 Å². The highest BCUT2D eigenvalue weighted by molar-refractivity contribution is 5.85. The Kier molecular flexibility index (Phi) is 2.82. The van der Waals surface area contributed by atoms with E-state index in [1.165, 1.54) is 6.92 Å². The first-order chi connectivity index (χ1) is 4.46. The van der Waals surface area contributed by atoms with Crippen molar-refractivity contribution >= 4 is 11.9 Å². The summed E-state index contributed by atoms with van der Waals surface area (Å²) in [5.41, 5.74) is 9.85. The fourth-order valence-corrected chi connectivity index (χ4v) is 0.391. The molecule has 5 heteroatoms. The minimum Gasteiger partial charge on any atom is -0.480 e. The molecule has 5 nitrogen and oxygen atoms in total. The average Bonchev–Trinajstić information content (AvgIpc) is 1.84. The molecule has 1 amide bonds. The zero-order chi connectivity index (χ0) is 8.31. The molecule has 1 unspecified atom stereocenters. The number of carbonyl (C=O) groups is 2. The van der Waals surface area contributed by atoms with E-state index >= 15 is 0 Å². The third-order valence-corrected chi connectivity index (χ3v) is 1.27. The molecule has 0 aliphatic heterocycles. The van der Waals surface area contributed by atoms with Gasteiger partial charge in [-0.1, -0.05) is 6.92 Å². The first kappa shape index (κ1) is 8.90. The quantitative estimate of drug-likeness (QED) is 0.451. The van der Waals surface area contributed by atoms with Gasteiger partial charge in [0.25, 0.3) is 0 Å². The van der Waals surface area contributed by atoms with Gasteiger partial charge in [-0.2, -0.15) is 0 Å². The molecule has 0 spiro atoms. The van der Waals surface area contributed by atoms with E-state index in [1.807, 2.05) is 0 Å². The summed E-state index contributed by atoms with van der Waals surface area (Å²) in [6, 6.07) is -1.20. The summed E-state index contributed by atoms with van der Waals surface area (Å²) in [6.07, 6.45) is 0. The lowest BCUT2D eigenvalue weighted by atomic mass is 10.0. The minimum absolute atomic E-state index is 0.699. The number of carboxylic acids is 1. The van der Waals surface area contributed by atoms with Crippen molar-refractivity contribution in [1.82, 2.24) is 0 Å². The van der Waals surface area contributed by atoms with Crippen LogP contribution in [0.5, 0.6) is 0 Å². The van der Waals surface area contributed by atoms with Crippen LogP contribution >= 0.6 is 0 Å². The van der Waals surface area contributed by atoms with Gasteiger partial charge in [-0.05, 0) is 0 Å². The molecule has 0 heterocycles. The van der Waals surface area contributed by atoms with Crippen molar-refractivity contribution < 1.29 is 14.7 Å². The summed E-state index contributed by atoms with van der Waals surface area (Å²) in [4.78, 5) is 20.4. The Balaban J connectivity index is 4.07. The van der Waals surface area contributed by atoms with Crippen molar-refractivity contribution in [2.24, 2.45) is 17.4 Å². The van der Waals surface area contributed by atoms with Crippen molar-refractivity contribution in [1.29, 1.82) is 0 Å². The number of carboxylic acid groups (broad SMARTS) is 1. The number of primary amides is 1. The molecule has 2 atom stereocenters. The van der Waals surface area contributed by atoms with Gasteiger partial charge in [0, 0.05) is 0 Å². The largest absolute Gasteiger partial charge is 0.480 e. The van der Waals surface area contributed by atoms with Crippen molar-refractivity contribution in [3.05, 3.63) is 0 Å². The van der Waals surface area contributed by atoms with Crippen molar-refractivity contribution in [3.8, 4) is 0 Å². The molecular weight excluding hydrogens is 136 g/mol. The molecule has 10 heavy (non-hydrogen) atoms. The molecule has 0 saturated heterocycles. The number of hydrogen-bond donors (Lipinski definition) is 3. The molecule has 5 N–H and O–H groups in total. The normalized spacial score (nSPS) is 15.8. The maximum atomic E-state index is 10.3. The molecule has 0 aliphatic carbocycles. The smallest absolute Gasteiger partial charge is 0.321 e. The number of aliphatic carboxylic acids is 1. The summed E-state index contributed by atoms with van der Waals surface area (Å²) in [7, 11) is 0. The molecule has 0 bridgehead atoms. The molecular formula is C5H10N2O3. The summed E-state index contributed by atoms with van der Waals surface area (Å²) in [5.74, 6) is -2.74. The molecule has 0 aromatic carbocycles. The van der Waals surface area contributed by atoms with Crippen LogP contribution in [-0.4, -0.2) is 23.0 Å². The van der Waals surface area contributed by atoms with Gasteiger partial charge in [-0.25, -0.2) is 0 Å². The maximum absolute atomic E-state index is 10.3. The highest BCUT2D eigenvalue weighted by Crippen LogP contribution is 1.98. The zero-order valence-electron chi connectivity index (χ0n) is 5.57. The van der Waals surface area contributed by atoms with Crippen molar-refractivity contribution in [2.45, 2.75) is 13.0 Å². The van der Waals surface area contributed by atoms with E-state index in [0.717, 1.165) is 0 Å². The Hall–Kier alpha value is -1.10. The van der Waals surface area contributed by atoms with E-state index < -0.39 is 23.8 Å².